The first kappa shape index (κ1) is 30.2. The Bertz CT molecular complexity index is 1350. The van der Waals surface area contributed by atoms with Crippen LogP contribution in [0.4, 0.5) is 5.69 Å². The molecule has 0 saturated carbocycles. The van der Waals surface area contributed by atoms with Gasteiger partial charge in [0.1, 0.15) is 12.6 Å². The van der Waals surface area contributed by atoms with Crippen molar-refractivity contribution in [1.29, 1.82) is 0 Å². The van der Waals surface area contributed by atoms with Gasteiger partial charge in [0.05, 0.1) is 11.9 Å². The van der Waals surface area contributed by atoms with Gasteiger partial charge < -0.3 is 10.2 Å². The summed E-state index contributed by atoms with van der Waals surface area (Å²) in [6.07, 6.45) is 3.07. The first-order valence-corrected chi connectivity index (χ1v) is 15.2. The molecule has 0 aliphatic rings. The average Bonchev–Trinajstić information content (AvgIpc) is 2.91. The Kier molecular flexibility index (Phi) is 10.9. The van der Waals surface area contributed by atoms with Crippen LogP contribution < -0.4 is 9.62 Å². The van der Waals surface area contributed by atoms with Gasteiger partial charge in [0, 0.05) is 24.5 Å². The van der Waals surface area contributed by atoms with Crippen molar-refractivity contribution in [3.8, 4) is 0 Å². The number of aryl methyl sites for hydroxylation is 1. The van der Waals surface area contributed by atoms with E-state index in [9.17, 15) is 18.0 Å². The highest BCUT2D eigenvalue weighted by atomic mass is 35.5. The normalized spacial score (nSPS) is 12.0. The molecule has 39 heavy (non-hydrogen) atoms. The minimum atomic E-state index is -3.82. The zero-order chi connectivity index (χ0) is 28.4. The van der Waals surface area contributed by atoms with Gasteiger partial charge in [0.25, 0.3) is 0 Å². The highest BCUT2D eigenvalue weighted by Crippen LogP contribution is 2.22. The number of carbonyl (C=O) groups is 2. The number of halogens is 1. The number of carbonyl (C=O) groups excluding carboxylic acids is 2. The molecule has 0 saturated heterocycles. The first-order chi connectivity index (χ1) is 18.6. The zero-order valence-electron chi connectivity index (χ0n) is 22.6. The molecule has 0 aliphatic carbocycles. The van der Waals surface area contributed by atoms with Crippen LogP contribution in [0.1, 0.15) is 36.5 Å². The van der Waals surface area contributed by atoms with Gasteiger partial charge in [-0.25, -0.2) is 8.42 Å². The van der Waals surface area contributed by atoms with Crippen molar-refractivity contribution in [1.82, 2.24) is 10.2 Å². The van der Waals surface area contributed by atoms with Crippen molar-refractivity contribution < 1.29 is 18.0 Å². The molecule has 0 spiro atoms. The number of benzene rings is 3. The van der Waals surface area contributed by atoms with Gasteiger partial charge in [0.15, 0.2) is 0 Å². The van der Waals surface area contributed by atoms with Crippen LogP contribution in [0.25, 0.3) is 0 Å². The van der Waals surface area contributed by atoms with E-state index in [-0.39, 0.29) is 18.9 Å². The third kappa shape index (κ3) is 8.83. The molecule has 9 heteroatoms. The Balaban J connectivity index is 2.03. The lowest BCUT2D eigenvalue weighted by atomic mass is 10.0. The SMILES string of the molecule is CCCCNC(=O)[C@@H](Cc1ccccc1)N(Cc1ccccc1C)C(=O)CN(c1ccc(Cl)cc1)S(C)(=O)=O. The number of anilines is 1. The molecule has 0 aliphatic heterocycles. The molecule has 0 aromatic heterocycles. The molecule has 208 valence electrons. The van der Waals surface area contributed by atoms with E-state index >= 15 is 0 Å². The van der Waals surface area contributed by atoms with Crippen molar-refractivity contribution in [2.24, 2.45) is 0 Å². The Hall–Kier alpha value is -3.36. The lowest BCUT2D eigenvalue weighted by Gasteiger charge is -2.34. The fourth-order valence-electron chi connectivity index (χ4n) is 4.25. The van der Waals surface area contributed by atoms with Crippen LogP contribution in [0.15, 0.2) is 78.9 Å². The molecule has 3 aromatic rings. The molecule has 7 nitrogen and oxygen atoms in total. The van der Waals surface area contributed by atoms with Crippen molar-refractivity contribution >= 4 is 39.1 Å². The second kappa shape index (κ2) is 14.1. The number of nitrogens with one attached hydrogen (secondary N) is 1. The van der Waals surface area contributed by atoms with Crippen LogP contribution in [0, 0.1) is 6.92 Å². The lowest BCUT2D eigenvalue weighted by molar-refractivity contribution is -0.140. The number of hydrogen-bond donors (Lipinski definition) is 1. The summed E-state index contributed by atoms with van der Waals surface area (Å²) in [5.74, 6) is -0.753. The monoisotopic (exact) mass is 569 g/mol. The van der Waals surface area contributed by atoms with Crippen LogP contribution in [-0.4, -0.2) is 50.5 Å². The Morgan fingerprint density at radius 3 is 2.21 bits per heavy atom. The number of amides is 2. The number of sulfonamides is 1. The van der Waals surface area contributed by atoms with E-state index in [4.69, 9.17) is 11.6 Å². The highest BCUT2D eigenvalue weighted by molar-refractivity contribution is 7.92. The van der Waals surface area contributed by atoms with Gasteiger partial charge in [-0.05, 0) is 54.3 Å². The minimum absolute atomic E-state index is 0.155. The van der Waals surface area contributed by atoms with Crippen LogP contribution in [0.3, 0.4) is 0 Å². The summed E-state index contributed by atoms with van der Waals surface area (Å²) in [5, 5.41) is 3.43. The maximum absolute atomic E-state index is 14.0. The third-order valence-electron chi connectivity index (χ3n) is 6.50. The predicted octanol–water partition coefficient (Wildman–Crippen LogP) is 4.97. The molecule has 1 N–H and O–H groups in total. The molecule has 0 radical (unpaired) electrons. The maximum Gasteiger partial charge on any atom is 0.244 e. The topological polar surface area (TPSA) is 86.8 Å². The predicted molar refractivity (Wildman–Crippen MR) is 157 cm³/mol. The van der Waals surface area contributed by atoms with E-state index in [0.717, 1.165) is 40.1 Å². The van der Waals surface area contributed by atoms with Crippen molar-refractivity contribution in [3.63, 3.8) is 0 Å². The van der Waals surface area contributed by atoms with Gasteiger partial charge in [-0.3, -0.25) is 13.9 Å². The molecule has 2 amide bonds. The van der Waals surface area contributed by atoms with Gasteiger partial charge in [-0.1, -0.05) is 79.5 Å². The lowest BCUT2D eigenvalue weighted by Crippen LogP contribution is -2.53. The minimum Gasteiger partial charge on any atom is -0.354 e. The van der Waals surface area contributed by atoms with Crippen LogP contribution in [0.2, 0.25) is 5.02 Å². The summed E-state index contributed by atoms with van der Waals surface area (Å²) in [6, 6.07) is 22.6. The van der Waals surface area contributed by atoms with E-state index in [2.05, 4.69) is 5.32 Å². The molecular formula is C30H36ClN3O4S. The Morgan fingerprint density at radius 2 is 1.59 bits per heavy atom. The smallest absolute Gasteiger partial charge is 0.244 e. The van der Waals surface area contributed by atoms with Gasteiger partial charge in [-0.2, -0.15) is 0 Å². The van der Waals surface area contributed by atoms with E-state index in [1.165, 1.54) is 4.90 Å². The van der Waals surface area contributed by atoms with Crippen molar-refractivity contribution in [2.45, 2.75) is 45.7 Å². The maximum atomic E-state index is 14.0. The number of hydrogen-bond acceptors (Lipinski definition) is 4. The molecule has 0 heterocycles. The molecule has 0 unspecified atom stereocenters. The summed E-state index contributed by atoms with van der Waals surface area (Å²) < 4.78 is 26.6. The third-order valence-corrected chi connectivity index (χ3v) is 7.89. The summed E-state index contributed by atoms with van der Waals surface area (Å²) in [6.45, 7) is 4.18. The van der Waals surface area contributed by atoms with E-state index in [0.29, 0.717) is 17.3 Å². The number of unbranched alkanes of at least 4 members (excludes halogenated alkanes) is 1. The van der Waals surface area contributed by atoms with E-state index < -0.39 is 28.5 Å². The molecular weight excluding hydrogens is 534 g/mol. The summed E-state index contributed by atoms with van der Waals surface area (Å²) in [5.41, 5.74) is 3.06. The molecule has 3 aromatic carbocycles. The molecule has 0 fully saturated rings. The molecule has 0 bridgehead atoms. The molecule has 1 atom stereocenters. The van der Waals surface area contributed by atoms with Crippen LogP contribution in [-0.2, 0) is 32.6 Å². The molecule has 3 rings (SSSR count). The van der Waals surface area contributed by atoms with Gasteiger partial charge in [-0.15, -0.1) is 0 Å². The van der Waals surface area contributed by atoms with Crippen LogP contribution >= 0.6 is 11.6 Å². The second-order valence-electron chi connectivity index (χ2n) is 9.54. The fourth-order valence-corrected chi connectivity index (χ4v) is 5.23. The van der Waals surface area contributed by atoms with E-state index in [1.54, 1.807) is 24.3 Å². The summed E-state index contributed by atoms with van der Waals surface area (Å²) in [7, 11) is -3.82. The standard InChI is InChI=1S/C30H36ClN3O4S/c1-4-5-19-32-30(36)28(20-24-12-7-6-8-13-24)33(21-25-14-10-9-11-23(25)2)29(35)22-34(39(3,37)38)27-17-15-26(31)16-18-27/h6-18,28H,4-5,19-22H2,1-3H3,(H,32,36)/t28-/m1/s1. The Morgan fingerprint density at radius 1 is 0.949 bits per heavy atom. The van der Waals surface area contributed by atoms with Crippen LogP contribution in [0.5, 0.6) is 0 Å². The van der Waals surface area contributed by atoms with Crippen molar-refractivity contribution in [2.75, 3.05) is 23.7 Å². The van der Waals surface area contributed by atoms with Crippen molar-refractivity contribution in [3.05, 3.63) is 101 Å². The average molecular weight is 570 g/mol. The first-order valence-electron chi connectivity index (χ1n) is 13.0. The highest BCUT2D eigenvalue weighted by Gasteiger charge is 2.33. The Labute approximate surface area is 236 Å². The van der Waals surface area contributed by atoms with Gasteiger partial charge in [0.2, 0.25) is 21.8 Å². The number of nitrogens with zero attached hydrogens (tertiary/aromatic N) is 2. The zero-order valence-corrected chi connectivity index (χ0v) is 24.2. The number of rotatable bonds is 13. The summed E-state index contributed by atoms with van der Waals surface area (Å²) >= 11 is 6.01. The largest absolute Gasteiger partial charge is 0.354 e. The van der Waals surface area contributed by atoms with Gasteiger partial charge >= 0.3 is 0 Å². The fraction of sp³-hybridized carbons (Fsp3) is 0.333. The van der Waals surface area contributed by atoms with E-state index in [1.807, 2.05) is 68.4 Å². The quantitative estimate of drug-likeness (QED) is 0.294. The summed E-state index contributed by atoms with van der Waals surface area (Å²) in [4.78, 5) is 29.1. The second-order valence-corrected chi connectivity index (χ2v) is 11.9.